The van der Waals surface area contributed by atoms with Crippen molar-refractivity contribution in [2.45, 2.75) is 23.1 Å². The Hall–Kier alpha value is -5.77. The van der Waals surface area contributed by atoms with Crippen molar-refractivity contribution in [3.05, 3.63) is 265 Å². The van der Waals surface area contributed by atoms with Gasteiger partial charge in [-0.1, -0.05) is 158 Å². The van der Waals surface area contributed by atoms with Crippen LogP contribution < -0.4 is 32.8 Å². The summed E-state index contributed by atoms with van der Waals surface area (Å²) in [7, 11) is 0.304. The first-order valence-corrected chi connectivity index (χ1v) is 25.5. The van der Waals surface area contributed by atoms with Gasteiger partial charge in [-0.25, -0.2) is 0 Å². The van der Waals surface area contributed by atoms with Gasteiger partial charge in [0.1, 0.15) is 10.6 Å². The predicted molar refractivity (Wildman–Crippen MR) is 258 cm³/mol. The summed E-state index contributed by atoms with van der Waals surface area (Å²) in [6.45, 7) is 0. The van der Waals surface area contributed by atoms with Gasteiger partial charge in [-0.05, 0) is 36.4 Å². The van der Waals surface area contributed by atoms with Crippen molar-refractivity contribution < 1.29 is 18.2 Å². The van der Waals surface area contributed by atoms with Gasteiger partial charge in [-0.2, -0.15) is 18.7 Å². The molecule has 0 N–H and O–H groups in total. The number of fused-ring (bicyclic) bond motifs is 4. The van der Waals surface area contributed by atoms with Crippen LogP contribution >= 0.6 is 25.4 Å². The third-order valence-electron chi connectivity index (χ3n) is 12.2. The molecule has 4 heterocycles. The van der Waals surface area contributed by atoms with Crippen molar-refractivity contribution in [3.8, 4) is 0 Å². The van der Waals surface area contributed by atoms with Crippen LogP contribution in [0.2, 0.25) is 0 Å². The molecule has 314 valence electrons. The Kier molecular flexibility index (Phi) is 12.0. The molecule has 0 radical (unpaired) electrons. The molecule has 2 aliphatic rings. The van der Waals surface area contributed by atoms with Crippen LogP contribution in [0.1, 0.15) is 45.4 Å². The third kappa shape index (κ3) is 6.86. The van der Waals surface area contributed by atoms with Crippen LogP contribution in [-0.2, 0) is 18.2 Å². The third-order valence-corrected chi connectivity index (χ3v) is 19.3. The molecule has 5 atom stereocenters. The van der Waals surface area contributed by atoms with Crippen LogP contribution in [0.25, 0.3) is 21.5 Å². The summed E-state index contributed by atoms with van der Waals surface area (Å²) in [6, 6.07) is 63.0. The van der Waals surface area contributed by atoms with E-state index in [2.05, 4.69) is 101 Å². The van der Waals surface area contributed by atoms with Gasteiger partial charge in [0.05, 0.1) is 37.4 Å². The summed E-state index contributed by atoms with van der Waals surface area (Å²) in [4.78, 5) is 60.1. The van der Waals surface area contributed by atoms with Crippen molar-refractivity contribution in [3.63, 3.8) is 0 Å². The van der Waals surface area contributed by atoms with Gasteiger partial charge >= 0.3 is 27.7 Å². The van der Waals surface area contributed by atoms with E-state index in [0.29, 0.717) is 21.5 Å². The van der Waals surface area contributed by atoms with Crippen molar-refractivity contribution in [2.75, 3.05) is 0 Å². The molecular weight excluding hydrogens is 936 g/mol. The average Bonchev–Trinajstić information content (AvgIpc) is 3.90. The van der Waals surface area contributed by atoms with Crippen LogP contribution in [0.5, 0.6) is 0 Å². The molecule has 2 aromatic heterocycles. The van der Waals surface area contributed by atoms with Crippen molar-refractivity contribution in [1.29, 1.82) is 0 Å². The van der Waals surface area contributed by atoms with E-state index in [4.69, 9.17) is 0 Å². The van der Waals surface area contributed by atoms with Gasteiger partial charge in [-0.15, -0.1) is 0 Å². The van der Waals surface area contributed by atoms with E-state index in [1.165, 1.54) is 0 Å². The summed E-state index contributed by atoms with van der Waals surface area (Å²) < 4.78 is 6.98. The Labute approximate surface area is 380 Å². The molecule has 9 aromatic rings. The Morgan fingerprint density at radius 1 is 0.317 bits per heavy atom. The van der Waals surface area contributed by atoms with Gasteiger partial charge in [0.25, 0.3) is 22.2 Å². The van der Waals surface area contributed by atoms with E-state index in [1.807, 2.05) is 97.1 Å². The average molecular weight is 978 g/mol. The number of halogens is 1. The van der Waals surface area contributed by atoms with Crippen LogP contribution in [0.4, 0.5) is 0 Å². The molecule has 0 aliphatic carbocycles. The second kappa shape index (κ2) is 17.8. The fourth-order valence-corrected chi connectivity index (χ4v) is 18.0. The molecule has 0 amide bonds. The van der Waals surface area contributed by atoms with Crippen LogP contribution in [0.3, 0.4) is 0 Å². The second-order valence-corrected chi connectivity index (χ2v) is 20.5. The molecule has 7 aromatic carbocycles. The molecule has 0 bridgehead atoms. The standard InChI is InChI=1S/C50H36N4O4P2.CH3.ClH.Pd/c55-43-37-27-13-14-28-38(37)44(56)52-48(34-21-7-2-8-22-34)59(47(51(43)52)33-19-5-1-6-20-33)41-31-17-18-32-42(41)60-49(35-23-9-3-10-24-35)53-45(57)39-29-15-16-30-40(39)46(58)54(53)50(60)36-25-11-4-12-26-36;;;/h1-32,47-50H;1H3;1H;/q;-1;;+2/p+1/t47-,48-,49-,50?,60?;;;/m0.../s1. The topological polar surface area (TPSA) is 88.0 Å². The van der Waals surface area contributed by atoms with E-state index in [9.17, 15) is 0 Å². The van der Waals surface area contributed by atoms with E-state index >= 15 is 19.2 Å². The van der Waals surface area contributed by atoms with E-state index in [-0.39, 0.29) is 29.7 Å². The molecule has 0 saturated carbocycles. The zero-order chi connectivity index (χ0) is 42.5. The van der Waals surface area contributed by atoms with Crippen molar-refractivity contribution in [2.24, 2.45) is 0 Å². The fraction of sp³-hybridized carbons (Fsp3) is 0.0784. The van der Waals surface area contributed by atoms with Gasteiger partial charge in [0.2, 0.25) is 0 Å². The molecule has 12 heteroatoms. The molecule has 63 heavy (non-hydrogen) atoms. The second-order valence-electron chi connectivity index (χ2n) is 15.4. The van der Waals surface area contributed by atoms with E-state index in [0.717, 1.165) is 32.9 Å². The summed E-state index contributed by atoms with van der Waals surface area (Å²) in [5.41, 5.74) is 2.90. The van der Waals surface area contributed by atoms with Gasteiger partial charge in [0, 0.05) is 22.3 Å². The first-order valence-electron chi connectivity index (χ1n) is 20.2. The van der Waals surface area contributed by atoms with Crippen LogP contribution in [0.15, 0.2) is 213 Å². The normalized spacial score (nSPS) is 18.9. The molecule has 0 saturated heterocycles. The van der Waals surface area contributed by atoms with Crippen LogP contribution in [-0.4, -0.2) is 18.7 Å². The number of benzene rings is 7. The quantitative estimate of drug-likeness (QED) is 0.0946. The number of hydrogen-bond acceptors (Lipinski definition) is 4. The SMILES string of the molecule is O=c1c2ccccc2c(=O)n2n1C(c1ccccc1)[PH+](c1ccccc1[PH+]1[C@@H](c3ccccc3)n3c(=O)c4ccccc4c(=O)n3[C@@H]1c1ccccc1)[C@H]2c1ccccc1.[CH3-].[Cl][Pd+]. The number of hydrogen-bond donors (Lipinski definition) is 0. The summed E-state index contributed by atoms with van der Waals surface area (Å²) in [6.07, 6.45) is 0. The Balaban J connectivity index is 0.00000166. The molecule has 2 unspecified atom stereocenters. The molecular formula is C51H41ClN4O4P2Pd+2. The zero-order valence-electron chi connectivity index (χ0n) is 33.9. The molecule has 8 nitrogen and oxygen atoms in total. The maximum absolute atomic E-state index is 15.0. The summed E-state index contributed by atoms with van der Waals surface area (Å²) in [5.74, 6) is -1.96. The zero-order valence-corrected chi connectivity index (χ0v) is 38.2. The molecule has 0 fully saturated rings. The summed E-state index contributed by atoms with van der Waals surface area (Å²) >= 11 is 2.22. The number of rotatable bonds is 6. The first-order chi connectivity index (χ1) is 30.5. The van der Waals surface area contributed by atoms with Gasteiger partial charge in [0.15, 0.2) is 23.1 Å². The van der Waals surface area contributed by atoms with E-state index < -0.39 is 39.0 Å². The maximum atomic E-state index is 15.0. The van der Waals surface area contributed by atoms with Crippen LogP contribution in [0, 0.1) is 7.43 Å². The fourth-order valence-electron chi connectivity index (χ4n) is 9.79. The van der Waals surface area contributed by atoms with Crippen molar-refractivity contribution >= 4 is 57.5 Å². The Bertz CT molecular complexity index is 2940. The molecule has 0 spiro atoms. The molecule has 11 rings (SSSR count). The van der Waals surface area contributed by atoms with E-state index in [1.54, 1.807) is 43.0 Å². The van der Waals surface area contributed by atoms with Gasteiger partial charge < -0.3 is 7.43 Å². The number of nitrogens with zero attached hydrogens (tertiary/aromatic N) is 4. The Morgan fingerprint density at radius 3 is 0.730 bits per heavy atom. The van der Waals surface area contributed by atoms with Gasteiger partial charge in [-0.3, -0.25) is 19.2 Å². The number of aromatic nitrogens is 4. The molecule has 2 aliphatic heterocycles. The van der Waals surface area contributed by atoms with Crippen molar-refractivity contribution in [1.82, 2.24) is 18.7 Å². The summed E-state index contributed by atoms with van der Waals surface area (Å²) in [5, 5.41) is 3.69. The minimum atomic E-state index is -2.09. The minimum absolute atomic E-state index is 0. The first kappa shape index (κ1) is 42.5. The predicted octanol–water partition coefficient (Wildman–Crippen LogP) is 9.07. The Morgan fingerprint density at radius 2 is 0.508 bits per heavy atom. The monoisotopic (exact) mass is 976 g/mol.